The van der Waals surface area contributed by atoms with Gasteiger partial charge in [-0.3, -0.25) is 0 Å². The number of nitrogens with one attached hydrogen (secondary N) is 1. The third-order valence-electron chi connectivity index (χ3n) is 5.30. The minimum absolute atomic E-state index is 0.00965. The summed E-state index contributed by atoms with van der Waals surface area (Å²) in [6, 6.07) is 18.6. The van der Waals surface area contributed by atoms with Crippen molar-refractivity contribution in [1.29, 1.82) is 0 Å². The van der Waals surface area contributed by atoms with E-state index in [0.717, 1.165) is 22.3 Å². The Kier molecular flexibility index (Phi) is 6.80. The van der Waals surface area contributed by atoms with Gasteiger partial charge in [-0.25, -0.2) is 9.59 Å². The Morgan fingerprint density at radius 3 is 2.12 bits per heavy atom. The molecule has 0 radical (unpaired) electrons. The Balaban J connectivity index is 1.14. The van der Waals surface area contributed by atoms with Crippen molar-refractivity contribution in [3.63, 3.8) is 0 Å². The van der Waals surface area contributed by atoms with Crippen molar-refractivity contribution in [1.82, 2.24) is 10.0 Å². The highest BCUT2D eigenvalue weighted by atomic mass is 16.7. The molecule has 3 aromatic rings. The lowest BCUT2D eigenvalue weighted by Gasteiger charge is -2.14. The highest BCUT2D eigenvalue weighted by Gasteiger charge is 2.28. The van der Waals surface area contributed by atoms with E-state index in [-0.39, 0.29) is 38.7 Å². The van der Waals surface area contributed by atoms with Gasteiger partial charge >= 0.3 is 12.1 Å². The van der Waals surface area contributed by atoms with E-state index in [4.69, 9.17) is 14.3 Å². The van der Waals surface area contributed by atoms with Crippen LogP contribution in [0, 0.1) is 0 Å². The van der Waals surface area contributed by atoms with Crippen molar-refractivity contribution in [3.05, 3.63) is 71.8 Å². The number of benzene rings is 2. The summed E-state index contributed by atoms with van der Waals surface area (Å²) in [6.07, 6.45) is -0.638. The van der Waals surface area contributed by atoms with E-state index in [1.807, 2.05) is 24.3 Å². The van der Waals surface area contributed by atoms with E-state index in [1.165, 1.54) is 12.1 Å². The van der Waals surface area contributed by atoms with Gasteiger partial charge in [0, 0.05) is 24.6 Å². The third kappa shape index (κ3) is 5.09. The molecule has 33 heavy (non-hydrogen) atoms. The number of amides is 1. The summed E-state index contributed by atoms with van der Waals surface area (Å²) in [5.74, 6) is -1.49. The van der Waals surface area contributed by atoms with Crippen LogP contribution < -0.4 is 10.2 Å². The van der Waals surface area contributed by atoms with E-state index in [1.54, 1.807) is 0 Å². The van der Waals surface area contributed by atoms with Gasteiger partial charge in [0.15, 0.2) is 0 Å². The molecule has 4 rings (SSSR count). The summed E-state index contributed by atoms with van der Waals surface area (Å²) in [5, 5.41) is 21.5. The van der Waals surface area contributed by atoms with Gasteiger partial charge in [0.2, 0.25) is 11.8 Å². The average molecular weight is 452 g/mol. The Morgan fingerprint density at radius 2 is 1.48 bits per heavy atom. The third-order valence-corrected chi connectivity index (χ3v) is 5.30. The highest BCUT2D eigenvalue weighted by molar-refractivity contribution is 5.79. The van der Waals surface area contributed by atoms with Crippen LogP contribution in [0.4, 0.5) is 4.79 Å². The molecule has 1 aromatic heterocycles. The molecule has 0 unspecified atom stereocenters. The standard InChI is InChI=1S/C24H24N2O7/c27-21-9-10-22(28)26(21)33-23(29)11-13-31-14-12-25-24(30)32-15-20-18-7-3-1-5-16(18)17-6-2-4-8-19(17)20/h1-10,20,27-28H,11-15H2,(H,25,30). The summed E-state index contributed by atoms with van der Waals surface area (Å²) in [5.41, 5.74) is 4.61. The smallest absolute Gasteiger partial charge is 0.407 e. The molecule has 3 N–H and O–H groups in total. The fourth-order valence-corrected chi connectivity index (χ4v) is 3.78. The van der Waals surface area contributed by atoms with Crippen molar-refractivity contribution < 1.29 is 34.1 Å². The van der Waals surface area contributed by atoms with Crippen molar-refractivity contribution in [3.8, 4) is 22.9 Å². The summed E-state index contributed by atoms with van der Waals surface area (Å²) in [4.78, 5) is 28.6. The second-order valence-electron chi connectivity index (χ2n) is 7.42. The van der Waals surface area contributed by atoms with Crippen LogP contribution >= 0.6 is 0 Å². The molecule has 0 bridgehead atoms. The first-order chi connectivity index (χ1) is 16.0. The predicted molar refractivity (Wildman–Crippen MR) is 118 cm³/mol. The quantitative estimate of drug-likeness (QED) is 0.427. The molecular formula is C24H24N2O7. The van der Waals surface area contributed by atoms with Crippen LogP contribution in [0.2, 0.25) is 0 Å². The number of fused-ring (bicyclic) bond motifs is 3. The minimum Gasteiger partial charge on any atom is -0.492 e. The Bertz CT molecular complexity index is 1080. The van der Waals surface area contributed by atoms with Crippen LogP contribution in [0.15, 0.2) is 60.7 Å². The van der Waals surface area contributed by atoms with Crippen LogP contribution in [0.5, 0.6) is 11.8 Å². The van der Waals surface area contributed by atoms with Gasteiger partial charge < -0.3 is 29.8 Å². The normalized spacial score (nSPS) is 12.1. The number of alkyl carbamates (subject to hydrolysis) is 1. The summed E-state index contributed by atoms with van der Waals surface area (Å²) < 4.78 is 11.3. The minimum atomic E-state index is -0.693. The molecule has 172 valence electrons. The topological polar surface area (TPSA) is 119 Å². The molecule has 1 aliphatic rings. The molecule has 2 aromatic carbocycles. The van der Waals surface area contributed by atoms with E-state index in [0.29, 0.717) is 4.73 Å². The fourth-order valence-electron chi connectivity index (χ4n) is 3.78. The van der Waals surface area contributed by atoms with Gasteiger partial charge in [0.25, 0.3) is 0 Å². The first-order valence-corrected chi connectivity index (χ1v) is 10.5. The molecular weight excluding hydrogens is 428 g/mol. The Morgan fingerprint density at radius 1 is 0.879 bits per heavy atom. The van der Waals surface area contributed by atoms with E-state index < -0.39 is 23.8 Å². The molecule has 0 aliphatic heterocycles. The van der Waals surface area contributed by atoms with Crippen molar-refractivity contribution in [2.45, 2.75) is 12.3 Å². The molecule has 0 fully saturated rings. The number of carbonyl (C=O) groups excluding carboxylic acids is 2. The number of hydrogen-bond acceptors (Lipinski definition) is 7. The zero-order chi connectivity index (χ0) is 23.2. The lowest BCUT2D eigenvalue weighted by molar-refractivity contribution is -0.146. The maximum atomic E-state index is 12.1. The first kappa shape index (κ1) is 22.2. The van der Waals surface area contributed by atoms with Gasteiger partial charge in [-0.05, 0) is 22.3 Å². The van der Waals surface area contributed by atoms with Crippen LogP contribution in [0.3, 0.4) is 0 Å². The van der Waals surface area contributed by atoms with Crippen molar-refractivity contribution in [2.24, 2.45) is 0 Å². The van der Waals surface area contributed by atoms with Crippen LogP contribution in [0.1, 0.15) is 23.5 Å². The lowest BCUT2D eigenvalue weighted by Crippen LogP contribution is -2.29. The second-order valence-corrected chi connectivity index (χ2v) is 7.42. The maximum Gasteiger partial charge on any atom is 0.407 e. The number of carbonyl (C=O) groups is 2. The molecule has 0 saturated carbocycles. The van der Waals surface area contributed by atoms with Crippen molar-refractivity contribution in [2.75, 3.05) is 26.4 Å². The van der Waals surface area contributed by atoms with Crippen LogP contribution in [-0.2, 0) is 14.3 Å². The van der Waals surface area contributed by atoms with Gasteiger partial charge in [-0.2, -0.15) is 0 Å². The van der Waals surface area contributed by atoms with Crippen molar-refractivity contribution >= 4 is 12.1 Å². The van der Waals surface area contributed by atoms with Gasteiger partial charge in [-0.1, -0.05) is 48.5 Å². The summed E-state index contributed by atoms with van der Waals surface area (Å²) in [7, 11) is 0. The Labute approximate surface area is 190 Å². The highest BCUT2D eigenvalue weighted by Crippen LogP contribution is 2.44. The molecule has 1 amide bonds. The number of hydrogen-bond donors (Lipinski definition) is 3. The Hall–Kier alpha value is -3.98. The number of aromatic nitrogens is 1. The lowest BCUT2D eigenvalue weighted by atomic mass is 9.98. The van der Waals surface area contributed by atoms with Gasteiger partial charge in [0.1, 0.15) is 6.61 Å². The monoisotopic (exact) mass is 452 g/mol. The van der Waals surface area contributed by atoms with Crippen LogP contribution in [-0.4, -0.2) is 53.4 Å². The van der Waals surface area contributed by atoms with Gasteiger partial charge in [0.05, 0.1) is 19.6 Å². The van der Waals surface area contributed by atoms with Crippen LogP contribution in [0.25, 0.3) is 11.1 Å². The maximum absolute atomic E-state index is 12.1. The molecule has 0 spiro atoms. The average Bonchev–Trinajstić information content (AvgIpc) is 3.31. The number of aromatic hydroxyl groups is 2. The molecule has 1 aliphatic carbocycles. The SMILES string of the molecule is O=C(CCOCCNC(=O)OCC1c2ccccc2-c2ccccc21)On1c(O)ccc1O. The molecule has 9 nitrogen and oxygen atoms in total. The molecule has 9 heteroatoms. The zero-order valence-corrected chi connectivity index (χ0v) is 17.8. The molecule has 0 saturated heterocycles. The number of ether oxygens (including phenoxy) is 2. The summed E-state index contributed by atoms with van der Waals surface area (Å²) >= 11 is 0. The van der Waals surface area contributed by atoms with E-state index in [9.17, 15) is 19.8 Å². The number of rotatable bonds is 9. The number of nitrogens with zero attached hydrogens (tertiary/aromatic N) is 1. The largest absolute Gasteiger partial charge is 0.492 e. The van der Waals surface area contributed by atoms with E-state index >= 15 is 0 Å². The molecule has 0 atom stereocenters. The van der Waals surface area contributed by atoms with Gasteiger partial charge in [-0.15, -0.1) is 4.73 Å². The summed E-state index contributed by atoms with van der Waals surface area (Å²) in [6.45, 7) is 0.669. The first-order valence-electron chi connectivity index (χ1n) is 10.5. The fraction of sp³-hybridized carbons (Fsp3) is 0.250. The zero-order valence-electron chi connectivity index (χ0n) is 17.8. The second kappa shape index (κ2) is 10.1. The predicted octanol–water partition coefficient (Wildman–Crippen LogP) is 2.80. The molecule has 1 heterocycles. The van der Waals surface area contributed by atoms with E-state index in [2.05, 4.69) is 29.6 Å².